The predicted octanol–water partition coefficient (Wildman–Crippen LogP) is 5.53. The quantitative estimate of drug-likeness (QED) is 0.480. The molecule has 0 bridgehead atoms. The minimum absolute atomic E-state index is 0.150. The van der Waals surface area contributed by atoms with E-state index in [-0.39, 0.29) is 11.7 Å². The Morgan fingerprint density at radius 3 is 2.40 bits per heavy atom. The molecular weight excluding hydrogens is 330 g/mol. The largest absolute Gasteiger partial charge is 0.508 e. The molecule has 0 unspecified atom stereocenters. The highest BCUT2D eigenvalue weighted by atomic mass is 32.1. The van der Waals surface area contributed by atoms with Gasteiger partial charge in [-0.1, -0.05) is 36.4 Å². The van der Waals surface area contributed by atoms with Crippen molar-refractivity contribution in [2.75, 3.05) is 5.32 Å². The molecule has 1 aromatic heterocycles. The van der Waals surface area contributed by atoms with E-state index in [4.69, 9.17) is 0 Å². The number of nitrogens with one attached hydrogen (secondary N) is 1. The molecule has 0 aliphatic carbocycles. The Morgan fingerprint density at radius 1 is 0.840 bits per heavy atom. The first-order valence-corrected chi connectivity index (χ1v) is 8.70. The van der Waals surface area contributed by atoms with Crippen LogP contribution in [0.3, 0.4) is 0 Å². The van der Waals surface area contributed by atoms with E-state index in [1.165, 1.54) is 22.1 Å². The fourth-order valence-electron chi connectivity index (χ4n) is 2.70. The number of rotatable bonds is 3. The average Bonchev–Trinajstić information content (AvgIpc) is 3.13. The van der Waals surface area contributed by atoms with Gasteiger partial charge in [-0.05, 0) is 58.8 Å². The number of benzene rings is 3. The second kappa shape index (κ2) is 6.42. The summed E-state index contributed by atoms with van der Waals surface area (Å²) in [5, 5.41) is 14.5. The first kappa shape index (κ1) is 15.4. The maximum absolute atomic E-state index is 12.4. The lowest BCUT2D eigenvalue weighted by molar-refractivity contribution is 0.103. The van der Waals surface area contributed by atoms with E-state index in [2.05, 4.69) is 35.6 Å². The first-order valence-electron chi connectivity index (χ1n) is 7.88. The molecule has 2 N–H and O–H groups in total. The molecule has 4 rings (SSSR count). The van der Waals surface area contributed by atoms with Gasteiger partial charge in [0.05, 0.1) is 4.88 Å². The topological polar surface area (TPSA) is 49.3 Å². The number of phenols is 1. The molecular formula is C21H15NO2S. The zero-order valence-electron chi connectivity index (χ0n) is 13.3. The smallest absolute Gasteiger partial charge is 0.265 e. The summed E-state index contributed by atoms with van der Waals surface area (Å²) in [5.41, 5.74) is 1.76. The number of carbonyl (C=O) groups is 1. The van der Waals surface area contributed by atoms with Crippen LogP contribution in [0.1, 0.15) is 9.67 Å². The van der Waals surface area contributed by atoms with Crippen LogP contribution >= 0.6 is 11.3 Å². The lowest BCUT2D eigenvalue weighted by atomic mass is 10.1. The number of hydrogen-bond donors (Lipinski definition) is 2. The number of carbonyl (C=O) groups excluding carboxylic acids is 1. The van der Waals surface area contributed by atoms with Crippen LogP contribution < -0.4 is 5.32 Å². The van der Waals surface area contributed by atoms with Crippen molar-refractivity contribution in [2.45, 2.75) is 0 Å². The van der Waals surface area contributed by atoms with Crippen LogP contribution in [0.25, 0.3) is 21.2 Å². The van der Waals surface area contributed by atoms with E-state index in [0.29, 0.717) is 10.6 Å². The number of thiophene rings is 1. The van der Waals surface area contributed by atoms with Gasteiger partial charge in [0, 0.05) is 10.6 Å². The number of anilines is 1. The average molecular weight is 345 g/mol. The summed E-state index contributed by atoms with van der Waals surface area (Å²) >= 11 is 1.46. The highest BCUT2D eigenvalue weighted by Crippen LogP contribution is 2.31. The Bertz CT molecular complexity index is 1050. The van der Waals surface area contributed by atoms with Crippen molar-refractivity contribution < 1.29 is 9.90 Å². The van der Waals surface area contributed by atoms with E-state index >= 15 is 0 Å². The van der Waals surface area contributed by atoms with Gasteiger partial charge in [0.15, 0.2) is 0 Å². The lowest BCUT2D eigenvalue weighted by Gasteiger charge is -2.03. The third-order valence-electron chi connectivity index (χ3n) is 3.99. The standard InChI is InChI=1S/C21H15NO2S/c23-18-9-7-17(8-10-18)22-21(24)20-12-11-19(25-20)16-6-5-14-3-1-2-4-15(14)13-16/h1-13,23H,(H,22,24). The number of fused-ring (bicyclic) bond motifs is 1. The summed E-state index contributed by atoms with van der Waals surface area (Å²) in [6.07, 6.45) is 0. The minimum Gasteiger partial charge on any atom is -0.508 e. The molecule has 0 fully saturated rings. The summed E-state index contributed by atoms with van der Waals surface area (Å²) in [6, 6.07) is 24.8. The van der Waals surface area contributed by atoms with Crippen molar-refractivity contribution in [3.05, 3.63) is 83.7 Å². The van der Waals surface area contributed by atoms with Gasteiger partial charge in [0.2, 0.25) is 0 Å². The lowest BCUT2D eigenvalue weighted by Crippen LogP contribution is -2.09. The van der Waals surface area contributed by atoms with Gasteiger partial charge in [0.1, 0.15) is 5.75 Å². The van der Waals surface area contributed by atoms with E-state index in [1.54, 1.807) is 24.3 Å². The Hall–Kier alpha value is -3.11. The van der Waals surface area contributed by atoms with Crippen LogP contribution in [0.5, 0.6) is 5.75 Å². The third-order valence-corrected chi connectivity index (χ3v) is 5.12. The van der Waals surface area contributed by atoms with Gasteiger partial charge in [-0.15, -0.1) is 11.3 Å². The summed E-state index contributed by atoms with van der Waals surface area (Å²) in [4.78, 5) is 14.1. The molecule has 4 aromatic rings. The monoisotopic (exact) mass is 345 g/mol. The molecule has 0 saturated carbocycles. The van der Waals surface area contributed by atoms with Crippen LogP contribution in [-0.2, 0) is 0 Å². The Labute approximate surface area is 149 Å². The Kier molecular flexibility index (Phi) is 3.96. The molecule has 0 aliphatic heterocycles. The summed E-state index contributed by atoms with van der Waals surface area (Å²) < 4.78 is 0. The molecule has 0 atom stereocenters. The molecule has 0 radical (unpaired) electrons. The molecule has 3 nitrogen and oxygen atoms in total. The fourth-order valence-corrected chi connectivity index (χ4v) is 3.59. The number of amides is 1. The van der Waals surface area contributed by atoms with E-state index in [9.17, 15) is 9.90 Å². The van der Waals surface area contributed by atoms with Crippen LogP contribution in [0.15, 0.2) is 78.9 Å². The molecule has 1 heterocycles. The number of aromatic hydroxyl groups is 1. The first-order chi connectivity index (χ1) is 12.2. The van der Waals surface area contributed by atoms with Crippen molar-refractivity contribution in [1.82, 2.24) is 0 Å². The molecule has 3 aromatic carbocycles. The van der Waals surface area contributed by atoms with Gasteiger partial charge in [0.25, 0.3) is 5.91 Å². The maximum Gasteiger partial charge on any atom is 0.265 e. The van der Waals surface area contributed by atoms with Crippen molar-refractivity contribution in [2.24, 2.45) is 0 Å². The Balaban J connectivity index is 1.58. The van der Waals surface area contributed by atoms with Crippen molar-refractivity contribution in [1.29, 1.82) is 0 Å². The van der Waals surface area contributed by atoms with Crippen LogP contribution in [0.4, 0.5) is 5.69 Å². The van der Waals surface area contributed by atoms with Crippen molar-refractivity contribution >= 4 is 33.7 Å². The van der Waals surface area contributed by atoms with Gasteiger partial charge in [-0.3, -0.25) is 4.79 Å². The van der Waals surface area contributed by atoms with E-state index in [1.807, 2.05) is 24.3 Å². The SMILES string of the molecule is O=C(Nc1ccc(O)cc1)c1ccc(-c2ccc3ccccc3c2)s1. The third kappa shape index (κ3) is 3.25. The zero-order chi connectivity index (χ0) is 17.2. The maximum atomic E-state index is 12.4. The molecule has 1 amide bonds. The van der Waals surface area contributed by atoms with Gasteiger partial charge in [-0.25, -0.2) is 0 Å². The highest BCUT2D eigenvalue weighted by Gasteiger charge is 2.11. The minimum atomic E-state index is -0.150. The summed E-state index contributed by atoms with van der Waals surface area (Å²) in [7, 11) is 0. The van der Waals surface area contributed by atoms with Gasteiger partial charge >= 0.3 is 0 Å². The molecule has 0 aliphatic rings. The van der Waals surface area contributed by atoms with Gasteiger partial charge < -0.3 is 10.4 Å². The molecule has 25 heavy (non-hydrogen) atoms. The van der Waals surface area contributed by atoms with E-state index in [0.717, 1.165) is 10.4 Å². The summed E-state index contributed by atoms with van der Waals surface area (Å²) in [6.45, 7) is 0. The highest BCUT2D eigenvalue weighted by molar-refractivity contribution is 7.17. The molecule has 122 valence electrons. The summed E-state index contributed by atoms with van der Waals surface area (Å²) in [5.74, 6) is 0.0236. The van der Waals surface area contributed by atoms with Crippen molar-refractivity contribution in [3.63, 3.8) is 0 Å². The Morgan fingerprint density at radius 2 is 1.60 bits per heavy atom. The van der Waals surface area contributed by atoms with E-state index < -0.39 is 0 Å². The van der Waals surface area contributed by atoms with Crippen LogP contribution in [0.2, 0.25) is 0 Å². The fraction of sp³-hybridized carbons (Fsp3) is 0. The second-order valence-electron chi connectivity index (χ2n) is 5.73. The predicted molar refractivity (Wildman–Crippen MR) is 103 cm³/mol. The number of hydrogen-bond acceptors (Lipinski definition) is 3. The van der Waals surface area contributed by atoms with Crippen LogP contribution in [0, 0.1) is 0 Å². The van der Waals surface area contributed by atoms with Crippen LogP contribution in [-0.4, -0.2) is 11.0 Å². The molecule has 0 saturated heterocycles. The molecule has 4 heteroatoms. The van der Waals surface area contributed by atoms with Gasteiger partial charge in [-0.2, -0.15) is 0 Å². The number of phenolic OH excluding ortho intramolecular Hbond substituents is 1. The van der Waals surface area contributed by atoms with Crippen molar-refractivity contribution in [3.8, 4) is 16.2 Å². The zero-order valence-corrected chi connectivity index (χ0v) is 14.1. The molecule has 0 spiro atoms. The second-order valence-corrected chi connectivity index (χ2v) is 6.81. The normalized spacial score (nSPS) is 10.7.